The van der Waals surface area contributed by atoms with E-state index in [1.807, 2.05) is 0 Å². The Bertz CT molecular complexity index is 498. The van der Waals surface area contributed by atoms with E-state index in [2.05, 4.69) is 9.97 Å². The van der Waals surface area contributed by atoms with E-state index in [4.69, 9.17) is 4.74 Å². The number of nitrogens with one attached hydrogen (secondary N) is 1. The lowest BCUT2D eigenvalue weighted by molar-refractivity contribution is -0.0586. The minimum Gasteiger partial charge on any atom is -0.375 e. The Morgan fingerprint density at radius 3 is 3.00 bits per heavy atom. The number of fused-ring (bicyclic) bond motifs is 1. The van der Waals surface area contributed by atoms with Crippen LogP contribution < -0.4 is 0 Å². The summed E-state index contributed by atoms with van der Waals surface area (Å²) < 4.78 is 32.3. The van der Waals surface area contributed by atoms with Crippen molar-refractivity contribution in [2.75, 3.05) is 13.2 Å². The Balaban J connectivity index is 1.90. The van der Waals surface area contributed by atoms with Gasteiger partial charge in [0.2, 0.25) is 0 Å². The molecule has 0 amide bonds. The van der Waals surface area contributed by atoms with Gasteiger partial charge in [-0.1, -0.05) is 12.8 Å². The topological polar surface area (TPSA) is 75.3 Å². The quantitative estimate of drug-likeness (QED) is 0.861. The van der Waals surface area contributed by atoms with E-state index in [0.29, 0.717) is 13.2 Å². The van der Waals surface area contributed by atoms with Gasteiger partial charge < -0.3 is 9.72 Å². The molecular weight excluding hydrogens is 254 g/mol. The number of rotatable bonds is 2. The Labute approximate surface area is 106 Å². The van der Waals surface area contributed by atoms with Crippen molar-refractivity contribution in [3.05, 3.63) is 12.5 Å². The average Bonchev–Trinajstić information content (AvgIpc) is 2.92. The second kappa shape index (κ2) is 4.64. The maximum Gasteiger partial charge on any atom is 0.260 e. The predicted molar refractivity (Wildman–Crippen MR) is 64.5 cm³/mol. The van der Waals surface area contributed by atoms with Crippen LogP contribution in [-0.2, 0) is 14.8 Å². The van der Waals surface area contributed by atoms with Gasteiger partial charge in [0.1, 0.15) is 0 Å². The van der Waals surface area contributed by atoms with Crippen LogP contribution in [0.3, 0.4) is 0 Å². The molecule has 2 aliphatic rings. The summed E-state index contributed by atoms with van der Waals surface area (Å²) >= 11 is 0. The number of ether oxygens (including phenoxy) is 1. The number of nitrogens with zero attached hydrogens (tertiary/aromatic N) is 2. The van der Waals surface area contributed by atoms with Crippen molar-refractivity contribution in [2.45, 2.75) is 42.9 Å². The van der Waals surface area contributed by atoms with Gasteiger partial charge in [0, 0.05) is 6.54 Å². The summed E-state index contributed by atoms with van der Waals surface area (Å²) in [4.78, 5) is 6.48. The van der Waals surface area contributed by atoms with Crippen LogP contribution in [0, 0.1) is 0 Å². The van der Waals surface area contributed by atoms with Crippen LogP contribution in [0.4, 0.5) is 0 Å². The summed E-state index contributed by atoms with van der Waals surface area (Å²) in [5.41, 5.74) is 0. The number of aromatic amines is 1. The number of H-pyrrole nitrogens is 1. The number of hydrogen-bond donors (Lipinski definition) is 1. The van der Waals surface area contributed by atoms with Crippen LogP contribution in [-0.4, -0.2) is 48.0 Å². The van der Waals surface area contributed by atoms with Gasteiger partial charge in [0.25, 0.3) is 10.0 Å². The normalized spacial score (nSPS) is 30.0. The molecule has 1 N–H and O–H groups in total. The minimum atomic E-state index is -3.45. The zero-order valence-electron chi connectivity index (χ0n) is 10.1. The van der Waals surface area contributed by atoms with Gasteiger partial charge in [-0.2, -0.15) is 4.31 Å². The molecule has 0 radical (unpaired) electrons. The first-order chi connectivity index (χ1) is 8.69. The second-order valence-electron chi connectivity index (χ2n) is 4.79. The number of hydrogen-bond acceptors (Lipinski definition) is 4. The van der Waals surface area contributed by atoms with E-state index >= 15 is 0 Å². The van der Waals surface area contributed by atoms with Crippen LogP contribution in [0.2, 0.25) is 0 Å². The summed E-state index contributed by atoms with van der Waals surface area (Å²) in [6.07, 6.45) is 6.86. The summed E-state index contributed by atoms with van der Waals surface area (Å²) in [6.45, 7) is 0.914. The molecule has 6 nitrogen and oxygen atoms in total. The number of morpholine rings is 1. The summed E-state index contributed by atoms with van der Waals surface area (Å²) in [5, 5.41) is 0.175. The molecule has 1 aromatic heterocycles. The highest BCUT2D eigenvalue weighted by Crippen LogP contribution is 2.31. The zero-order valence-corrected chi connectivity index (χ0v) is 10.9. The fraction of sp³-hybridized carbons (Fsp3) is 0.727. The standard InChI is InChI=1S/C11H17N3O3S/c15-18(16,11-7-12-8-13-11)14-5-6-17-10-4-2-1-3-9(10)14/h7-10H,1-6H2,(H,12,13). The summed E-state index contributed by atoms with van der Waals surface area (Å²) in [6, 6.07) is -0.0131. The molecular formula is C11H17N3O3S. The zero-order chi connectivity index (χ0) is 12.6. The third-order valence-corrected chi connectivity index (χ3v) is 5.59. The van der Waals surface area contributed by atoms with Crippen molar-refractivity contribution in [2.24, 2.45) is 0 Å². The van der Waals surface area contributed by atoms with Crippen molar-refractivity contribution in [3.63, 3.8) is 0 Å². The van der Waals surface area contributed by atoms with Gasteiger partial charge in [0.05, 0.1) is 31.3 Å². The molecule has 1 aliphatic carbocycles. The van der Waals surface area contributed by atoms with Gasteiger partial charge >= 0.3 is 0 Å². The van der Waals surface area contributed by atoms with Crippen molar-refractivity contribution < 1.29 is 13.2 Å². The molecule has 3 rings (SSSR count). The third-order valence-electron chi connectivity index (χ3n) is 3.74. The Kier molecular flexibility index (Phi) is 3.13. The lowest BCUT2D eigenvalue weighted by Gasteiger charge is -2.42. The lowest BCUT2D eigenvalue weighted by Crippen LogP contribution is -2.54. The molecule has 2 unspecified atom stereocenters. The Hall–Kier alpha value is -0.920. The number of imidazole rings is 1. The van der Waals surface area contributed by atoms with Crippen LogP contribution >= 0.6 is 0 Å². The van der Waals surface area contributed by atoms with E-state index in [1.54, 1.807) is 4.31 Å². The molecule has 2 heterocycles. The van der Waals surface area contributed by atoms with E-state index in [1.165, 1.54) is 12.5 Å². The Morgan fingerprint density at radius 2 is 2.22 bits per heavy atom. The second-order valence-corrected chi connectivity index (χ2v) is 6.65. The first-order valence-corrected chi connectivity index (χ1v) is 7.75. The van der Waals surface area contributed by atoms with E-state index in [-0.39, 0.29) is 17.2 Å². The van der Waals surface area contributed by atoms with Crippen LogP contribution in [0.5, 0.6) is 0 Å². The molecule has 18 heavy (non-hydrogen) atoms. The van der Waals surface area contributed by atoms with Crippen molar-refractivity contribution in [3.8, 4) is 0 Å². The largest absolute Gasteiger partial charge is 0.375 e. The monoisotopic (exact) mass is 271 g/mol. The number of aromatic nitrogens is 2. The van der Waals surface area contributed by atoms with Gasteiger partial charge in [0.15, 0.2) is 5.03 Å². The van der Waals surface area contributed by atoms with Crippen LogP contribution in [0.25, 0.3) is 0 Å². The van der Waals surface area contributed by atoms with Gasteiger partial charge in [-0.25, -0.2) is 13.4 Å². The predicted octanol–water partition coefficient (Wildman–Crippen LogP) is 0.742. The first-order valence-electron chi connectivity index (χ1n) is 6.31. The van der Waals surface area contributed by atoms with Crippen molar-refractivity contribution in [1.29, 1.82) is 0 Å². The van der Waals surface area contributed by atoms with Crippen LogP contribution in [0.1, 0.15) is 25.7 Å². The SMILES string of the molecule is O=S(=O)(c1cnc[nH]1)N1CCOC2CCCCC21. The fourth-order valence-electron chi connectivity index (χ4n) is 2.87. The van der Waals surface area contributed by atoms with Gasteiger partial charge in [-0.15, -0.1) is 0 Å². The average molecular weight is 271 g/mol. The smallest absolute Gasteiger partial charge is 0.260 e. The van der Waals surface area contributed by atoms with E-state index in [0.717, 1.165) is 25.7 Å². The fourth-order valence-corrected chi connectivity index (χ4v) is 4.43. The molecule has 0 spiro atoms. The van der Waals surface area contributed by atoms with E-state index in [9.17, 15) is 8.42 Å². The molecule has 2 atom stereocenters. The molecule has 1 aliphatic heterocycles. The van der Waals surface area contributed by atoms with Gasteiger partial charge in [-0.3, -0.25) is 0 Å². The van der Waals surface area contributed by atoms with Crippen molar-refractivity contribution in [1.82, 2.24) is 14.3 Å². The highest BCUT2D eigenvalue weighted by molar-refractivity contribution is 7.89. The number of sulfonamides is 1. The molecule has 1 saturated carbocycles. The first kappa shape index (κ1) is 12.1. The molecule has 0 aromatic carbocycles. The van der Waals surface area contributed by atoms with Crippen LogP contribution in [0.15, 0.2) is 17.6 Å². The summed E-state index contributed by atoms with van der Waals surface area (Å²) in [7, 11) is -3.45. The highest BCUT2D eigenvalue weighted by atomic mass is 32.2. The van der Waals surface area contributed by atoms with E-state index < -0.39 is 10.0 Å². The highest BCUT2D eigenvalue weighted by Gasteiger charge is 2.41. The molecule has 100 valence electrons. The third kappa shape index (κ3) is 1.96. The molecule has 0 bridgehead atoms. The van der Waals surface area contributed by atoms with Gasteiger partial charge in [-0.05, 0) is 12.8 Å². The van der Waals surface area contributed by atoms with Crippen molar-refractivity contribution >= 4 is 10.0 Å². The molecule has 7 heteroatoms. The summed E-state index contributed by atoms with van der Waals surface area (Å²) in [5.74, 6) is 0. The minimum absolute atomic E-state index is 0.0131. The molecule has 1 aromatic rings. The maximum atomic E-state index is 12.5. The molecule has 2 fully saturated rings. The lowest BCUT2D eigenvalue weighted by atomic mass is 9.91. The maximum absolute atomic E-state index is 12.5. The Morgan fingerprint density at radius 1 is 1.39 bits per heavy atom. The molecule has 1 saturated heterocycles.